The first-order valence-corrected chi connectivity index (χ1v) is 8.63. The van der Waals surface area contributed by atoms with Gasteiger partial charge in [-0.15, -0.1) is 0 Å². The highest BCUT2D eigenvalue weighted by molar-refractivity contribution is 7.16. The van der Waals surface area contributed by atoms with Crippen molar-refractivity contribution in [2.24, 2.45) is 0 Å². The Morgan fingerprint density at radius 3 is 2.39 bits per heavy atom. The van der Waals surface area contributed by atoms with Gasteiger partial charge in [-0.1, -0.05) is 41.7 Å². The Labute approximate surface area is 139 Å². The van der Waals surface area contributed by atoms with Gasteiger partial charge in [-0.3, -0.25) is 4.79 Å². The van der Waals surface area contributed by atoms with Crippen LogP contribution < -0.4 is 0 Å². The van der Waals surface area contributed by atoms with Gasteiger partial charge in [0.1, 0.15) is 4.88 Å². The third-order valence-corrected chi connectivity index (χ3v) is 5.13. The standard InChI is InChI=1S/C18H17N3OS/c22-17(20-10-4-5-11-20)16-15(14-8-2-1-3-9-14)19-18(23-16)21-12-6-7-13-21/h1-3,6-9,12-13H,4-5,10-11H2. The van der Waals surface area contributed by atoms with Crippen LogP contribution in [-0.4, -0.2) is 33.4 Å². The minimum atomic E-state index is 0.109. The van der Waals surface area contributed by atoms with Crippen LogP contribution in [0.2, 0.25) is 0 Å². The first kappa shape index (κ1) is 14.2. The summed E-state index contributed by atoms with van der Waals surface area (Å²) in [5, 5.41) is 0.830. The van der Waals surface area contributed by atoms with Crippen LogP contribution >= 0.6 is 11.3 Å². The van der Waals surface area contributed by atoms with Crippen molar-refractivity contribution in [1.82, 2.24) is 14.5 Å². The Kier molecular flexibility index (Phi) is 3.71. The second-order valence-electron chi connectivity index (χ2n) is 5.63. The number of benzene rings is 1. The minimum Gasteiger partial charge on any atom is -0.338 e. The lowest BCUT2D eigenvalue weighted by atomic mass is 10.1. The summed E-state index contributed by atoms with van der Waals surface area (Å²) in [5.74, 6) is 0.109. The van der Waals surface area contributed by atoms with Crippen molar-refractivity contribution in [1.29, 1.82) is 0 Å². The molecular formula is C18H17N3OS. The number of carbonyl (C=O) groups is 1. The number of thiazole rings is 1. The largest absolute Gasteiger partial charge is 0.338 e. The molecule has 3 heterocycles. The molecule has 1 aliphatic heterocycles. The lowest BCUT2D eigenvalue weighted by molar-refractivity contribution is 0.0798. The lowest BCUT2D eigenvalue weighted by Crippen LogP contribution is -2.27. The predicted molar refractivity (Wildman–Crippen MR) is 92.0 cm³/mol. The average Bonchev–Trinajstić information content (AvgIpc) is 3.35. The van der Waals surface area contributed by atoms with Crippen molar-refractivity contribution in [3.05, 3.63) is 59.7 Å². The minimum absolute atomic E-state index is 0.109. The Balaban J connectivity index is 1.80. The molecule has 4 nitrogen and oxygen atoms in total. The summed E-state index contributed by atoms with van der Waals surface area (Å²) in [5.41, 5.74) is 1.78. The van der Waals surface area contributed by atoms with Gasteiger partial charge in [0.15, 0.2) is 5.13 Å². The van der Waals surface area contributed by atoms with E-state index in [1.807, 2.05) is 64.3 Å². The normalized spacial score (nSPS) is 14.3. The van der Waals surface area contributed by atoms with Gasteiger partial charge in [0.25, 0.3) is 5.91 Å². The molecule has 0 bridgehead atoms. The lowest BCUT2D eigenvalue weighted by Gasteiger charge is -2.14. The van der Waals surface area contributed by atoms with Gasteiger partial charge >= 0.3 is 0 Å². The van der Waals surface area contributed by atoms with Crippen LogP contribution in [0.5, 0.6) is 0 Å². The molecule has 4 rings (SSSR count). The summed E-state index contributed by atoms with van der Waals surface area (Å²) in [6, 6.07) is 13.9. The van der Waals surface area contributed by atoms with Crippen molar-refractivity contribution in [2.75, 3.05) is 13.1 Å². The van der Waals surface area contributed by atoms with Crippen LogP contribution in [-0.2, 0) is 0 Å². The van der Waals surface area contributed by atoms with E-state index in [9.17, 15) is 4.79 Å². The summed E-state index contributed by atoms with van der Waals surface area (Å²) >= 11 is 1.47. The number of rotatable bonds is 3. The third kappa shape index (κ3) is 2.68. The molecular weight excluding hydrogens is 306 g/mol. The molecule has 1 saturated heterocycles. The molecule has 116 valence electrons. The quantitative estimate of drug-likeness (QED) is 0.734. The van der Waals surface area contributed by atoms with Crippen molar-refractivity contribution in [2.45, 2.75) is 12.8 Å². The Hall–Kier alpha value is -2.40. The predicted octanol–water partition coefficient (Wildman–Crippen LogP) is 3.84. The molecule has 0 spiro atoms. The van der Waals surface area contributed by atoms with Gasteiger partial charge in [-0.2, -0.15) is 0 Å². The number of amides is 1. The summed E-state index contributed by atoms with van der Waals surface area (Å²) in [4.78, 5) is 20.3. The van der Waals surface area contributed by atoms with E-state index in [1.165, 1.54) is 11.3 Å². The molecule has 2 aromatic heterocycles. The summed E-state index contributed by atoms with van der Waals surface area (Å²) in [7, 11) is 0. The maximum atomic E-state index is 12.9. The van der Waals surface area contributed by atoms with E-state index in [2.05, 4.69) is 0 Å². The highest BCUT2D eigenvalue weighted by atomic mass is 32.1. The number of hydrogen-bond donors (Lipinski definition) is 0. The van der Waals surface area contributed by atoms with Crippen molar-refractivity contribution in [3.8, 4) is 16.4 Å². The number of carbonyl (C=O) groups excluding carboxylic acids is 1. The van der Waals surface area contributed by atoms with Crippen LogP contribution in [0, 0.1) is 0 Å². The van der Waals surface area contributed by atoms with Gasteiger partial charge in [0.2, 0.25) is 0 Å². The third-order valence-electron chi connectivity index (χ3n) is 4.08. The summed E-state index contributed by atoms with van der Waals surface area (Å²) in [6.45, 7) is 1.70. The SMILES string of the molecule is O=C(c1sc(-n2cccc2)nc1-c1ccccc1)N1CCCC1. The monoisotopic (exact) mass is 323 g/mol. The zero-order valence-electron chi connectivity index (χ0n) is 12.7. The van der Waals surface area contributed by atoms with Gasteiger partial charge < -0.3 is 9.47 Å². The highest BCUT2D eigenvalue weighted by Crippen LogP contribution is 2.32. The Morgan fingerprint density at radius 2 is 1.70 bits per heavy atom. The average molecular weight is 323 g/mol. The molecule has 0 unspecified atom stereocenters. The van der Waals surface area contributed by atoms with Crippen LogP contribution in [0.25, 0.3) is 16.4 Å². The number of nitrogens with zero attached hydrogens (tertiary/aromatic N) is 3. The molecule has 1 aromatic carbocycles. The number of likely N-dealkylation sites (tertiary alicyclic amines) is 1. The van der Waals surface area contributed by atoms with E-state index in [0.717, 1.165) is 47.2 Å². The van der Waals surface area contributed by atoms with Crippen LogP contribution in [0.15, 0.2) is 54.9 Å². The van der Waals surface area contributed by atoms with Crippen LogP contribution in [0.4, 0.5) is 0 Å². The zero-order valence-corrected chi connectivity index (χ0v) is 13.5. The fourth-order valence-electron chi connectivity index (χ4n) is 2.88. The van der Waals surface area contributed by atoms with E-state index < -0.39 is 0 Å². The van der Waals surface area contributed by atoms with E-state index >= 15 is 0 Å². The molecule has 0 aliphatic carbocycles. The van der Waals surface area contributed by atoms with Crippen molar-refractivity contribution >= 4 is 17.2 Å². The Morgan fingerprint density at radius 1 is 1.00 bits per heavy atom. The van der Waals surface area contributed by atoms with Crippen molar-refractivity contribution < 1.29 is 4.79 Å². The van der Waals surface area contributed by atoms with E-state index in [4.69, 9.17) is 4.98 Å². The molecule has 1 amide bonds. The van der Waals surface area contributed by atoms with E-state index in [-0.39, 0.29) is 5.91 Å². The highest BCUT2D eigenvalue weighted by Gasteiger charge is 2.26. The maximum absolute atomic E-state index is 12.9. The van der Waals surface area contributed by atoms with Gasteiger partial charge in [-0.25, -0.2) is 4.98 Å². The first-order chi connectivity index (χ1) is 11.3. The van der Waals surface area contributed by atoms with Crippen LogP contribution in [0.3, 0.4) is 0 Å². The second kappa shape index (κ2) is 6.01. The topological polar surface area (TPSA) is 38.1 Å². The van der Waals surface area contributed by atoms with Gasteiger partial charge in [0, 0.05) is 31.0 Å². The Bertz CT molecular complexity index is 802. The zero-order chi connectivity index (χ0) is 15.6. The van der Waals surface area contributed by atoms with E-state index in [1.54, 1.807) is 0 Å². The molecule has 0 N–H and O–H groups in total. The van der Waals surface area contributed by atoms with E-state index in [0.29, 0.717) is 0 Å². The molecule has 0 atom stereocenters. The summed E-state index contributed by atoms with van der Waals surface area (Å²) in [6.07, 6.45) is 6.10. The van der Waals surface area contributed by atoms with Crippen LogP contribution in [0.1, 0.15) is 22.5 Å². The molecule has 3 aromatic rings. The number of hydrogen-bond acceptors (Lipinski definition) is 3. The second-order valence-corrected chi connectivity index (χ2v) is 6.61. The summed E-state index contributed by atoms with van der Waals surface area (Å²) < 4.78 is 1.96. The fourth-order valence-corrected chi connectivity index (χ4v) is 3.90. The maximum Gasteiger partial charge on any atom is 0.266 e. The van der Waals surface area contributed by atoms with Crippen molar-refractivity contribution in [3.63, 3.8) is 0 Å². The molecule has 0 radical (unpaired) electrons. The molecule has 1 fully saturated rings. The molecule has 0 saturated carbocycles. The van der Waals surface area contributed by atoms with Gasteiger partial charge in [-0.05, 0) is 25.0 Å². The first-order valence-electron chi connectivity index (χ1n) is 7.82. The fraction of sp³-hybridized carbons (Fsp3) is 0.222. The van der Waals surface area contributed by atoms with Gasteiger partial charge in [0.05, 0.1) is 5.69 Å². The molecule has 5 heteroatoms. The molecule has 1 aliphatic rings. The number of aromatic nitrogens is 2. The smallest absolute Gasteiger partial charge is 0.266 e. The molecule has 23 heavy (non-hydrogen) atoms.